The average Bonchev–Trinajstić information content (AvgIpc) is 2.65. The van der Waals surface area contributed by atoms with Gasteiger partial charge in [0.05, 0.1) is 5.88 Å². The van der Waals surface area contributed by atoms with Crippen LogP contribution in [0.25, 0.3) is 0 Å². The first-order valence-corrected chi connectivity index (χ1v) is 6.59. The van der Waals surface area contributed by atoms with Gasteiger partial charge in [0.25, 0.3) is 0 Å². The fourth-order valence-electron chi connectivity index (χ4n) is 1.65. The average molecular weight is 246 g/mol. The topological polar surface area (TPSA) is 69.6 Å². The second-order valence-corrected chi connectivity index (χ2v) is 4.96. The maximum Gasteiger partial charge on any atom is 0.327 e. The van der Waals surface area contributed by atoms with Gasteiger partial charge in [-0.25, -0.2) is 9.59 Å². The first kappa shape index (κ1) is 13.2. The van der Waals surface area contributed by atoms with Gasteiger partial charge in [-0.3, -0.25) is 0 Å². The van der Waals surface area contributed by atoms with Crippen molar-refractivity contribution in [1.82, 2.24) is 10.2 Å². The van der Waals surface area contributed by atoms with Crippen molar-refractivity contribution in [2.24, 2.45) is 0 Å². The molecule has 0 aromatic rings. The molecule has 5 nitrogen and oxygen atoms in total. The van der Waals surface area contributed by atoms with Crippen molar-refractivity contribution in [3.8, 4) is 0 Å². The van der Waals surface area contributed by atoms with Crippen LogP contribution in [0.1, 0.15) is 26.7 Å². The zero-order valence-corrected chi connectivity index (χ0v) is 10.4. The van der Waals surface area contributed by atoms with E-state index in [9.17, 15) is 9.59 Å². The molecule has 16 heavy (non-hydrogen) atoms. The second kappa shape index (κ2) is 5.98. The molecule has 0 spiro atoms. The van der Waals surface area contributed by atoms with Crippen molar-refractivity contribution in [1.29, 1.82) is 0 Å². The number of urea groups is 1. The Morgan fingerprint density at radius 1 is 1.62 bits per heavy atom. The van der Waals surface area contributed by atoms with Gasteiger partial charge in [-0.1, -0.05) is 13.3 Å². The Morgan fingerprint density at radius 3 is 2.88 bits per heavy atom. The van der Waals surface area contributed by atoms with Gasteiger partial charge >= 0.3 is 12.0 Å². The predicted octanol–water partition coefficient (Wildman–Crippen LogP) is 1.34. The molecule has 1 unspecified atom stereocenters. The van der Waals surface area contributed by atoms with Crippen LogP contribution in [0.5, 0.6) is 0 Å². The summed E-state index contributed by atoms with van der Waals surface area (Å²) >= 11 is 1.47. The molecule has 0 bridgehead atoms. The van der Waals surface area contributed by atoms with Crippen LogP contribution in [0.15, 0.2) is 0 Å². The predicted molar refractivity (Wildman–Crippen MR) is 63.5 cm³/mol. The largest absolute Gasteiger partial charge is 0.480 e. The lowest BCUT2D eigenvalue weighted by molar-refractivity contribution is -0.140. The zero-order valence-electron chi connectivity index (χ0n) is 9.60. The van der Waals surface area contributed by atoms with Crippen molar-refractivity contribution < 1.29 is 14.7 Å². The summed E-state index contributed by atoms with van der Waals surface area (Å²) in [7, 11) is 0. The Balaban J connectivity index is 2.49. The molecule has 6 heteroatoms. The molecule has 1 aliphatic heterocycles. The van der Waals surface area contributed by atoms with E-state index in [1.54, 1.807) is 0 Å². The van der Waals surface area contributed by atoms with E-state index in [-0.39, 0.29) is 12.1 Å². The number of carboxylic acids is 1. The van der Waals surface area contributed by atoms with Crippen molar-refractivity contribution in [2.45, 2.75) is 38.8 Å². The van der Waals surface area contributed by atoms with Crippen LogP contribution in [0, 0.1) is 0 Å². The molecule has 1 heterocycles. The highest BCUT2D eigenvalue weighted by molar-refractivity contribution is 7.99. The summed E-state index contributed by atoms with van der Waals surface area (Å²) in [5.41, 5.74) is 0. The van der Waals surface area contributed by atoms with Gasteiger partial charge in [0, 0.05) is 11.8 Å². The fourth-order valence-corrected chi connectivity index (χ4v) is 2.79. The number of carboxylic acid groups (broad SMARTS) is 1. The van der Waals surface area contributed by atoms with Crippen LogP contribution < -0.4 is 5.32 Å². The van der Waals surface area contributed by atoms with Crippen LogP contribution in [0.4, 0.5) is 4.79 Å². The van der Waals surface area contributed by atoms with Gasteiger partial charge in [0.15, 0.2) is 0 Å². The first-order valence-electron chi connectivity index (χ1n) is 5.44. The van der Waals surface area contributed by atoms with E-state index < -0.39 is 12.0 Å². The van der Waals surface area contributed by atoms with E-state index in [1.165, 1.54) is 16.7 Å². The van der Waals surface area contributed by atoms with Crippen LogP contribution in [-0.2, 0) is 4.79 Å². The summed E-state index contributed by atoms with van der Waals surface area (Å²) in [4.78, 5) is 24.1. The number of aliphatic carboxylic acids is 1. The van der Waals surface area contributed by atoms with Gasteiger partial charge in [-0.15, -0.1) is 11.8 Å². The zero-order chi connectivity index (χ0) is 12.1. The Hall–Kier alpha value is -0.910. The number of nitrogens with zero attached hydrogens (tertiary/aromatic N) is 1. The van der Waals surface area contributed by atoms with E-state index in [4.69, 9.17) is 5.11 Å². The normalized spacial score (nSPS) is 21.9. The van der Waals surface area contributed by atoms with E-state index >= 15 is 0 Å². The Bertz CT molecular complexity index is 273. The quantitative estimate of drug-likeness (QED) is 0.785. The molecule has 0 aromatic heterocycles. The van der Waals surface area contributed by atoms with E-state index in [0.29, 0.717) is 11.6 Å². The van der Waals surface area contributed by atoms with Gasteiger partial charge in [0.1, 0.15) is 6.04 Å². The Labute approximate surface area is 99.6 Å². The lowest BCUT2D eigenvalue weighted by atomic mass is 10.2. The highest BCUT2D eigenvalue weighted by atomic mass is 32.2. The fraction of sp³-hybridized carbons (Fsp3) is 0.800. The summed E-state index contributed by atoms with van der Waals surface area (Å²) in [6, 6.07) is -0.852. The number of nitrogens with one attached hydrogen (secondary N) is 1. The summed E-state index contributed by atoms with van der Waals surface area (Å²) < 4.78 is 0. The lowest BCUT2D eigenvalue weighted by Gasteiger charge is -2.23. The highest BCUT2D eigenvalue weighted by Gasteiger charge is 2.34. The standard InChI is InChI=1S/C10H18N2O3S/c1-3-4-7(2)11-10(15)12-6-16-5-8(12)9(13)14/h7-8H,3-6H2,1-2H3,(H,11,15)(H,13,14)/t7?,8-/m0/s1. The number of hydrogen-bond acceptors (Lipinski definition) is 3. The Morgan fingerprint density at radius 2 is 2.31 bits per heavy atom. The van der Waals surface area contributed by atoms with Gasteiger partial charge in [0.2, 0.25) is 0 Å². The van der Waals surface area contributed by atoms with Crippen LogP contribution in [-0.4, -0.2) is 45.7 Å². The SMILES string of the molecule is CCCC(C)NC(=O)N1CSC[C@H]1C(=O)O. The van der Waals surface area contributed by atoms with Crippen molar-refractivity contribution in [2.75, 3.05) is 11.6 Å². The van der Waals surface area contributed by atoms with Crippen LogP contribution in [0.2, 0.25) is 0 Å². The van der Waals surface area contributed by atoms with Gasteiger partial charge in [-0.05, 0) is 13.3 Å². The summed E-state index contributed by atoms with van der Waals surface area (Å²) in [6.07, 6.45) is 1.91. The minimum atomic E-state index is -0.928. The minimum absolute atomic E-state index is 0.0949. The molecule has 0 saturated carbocycles. The number of hydrogen-bond donors (Lipinski definition) is 2. The first-order chi connectivity index (χ1) is 7.56. The smallest absolute Gasteiger partial charge is 0.327 e. The third-order valence-electron chi connectivity index (χ3n) is 2.52. The van der Waals surface area contributed by atoms with E-state index in [0.717, 1.165) is 12.8 Å². The van der Waals surface area contributed by atoms with Crippen molar-refractivity contribution in [3.05, 3.63) is 0 Å². The number of rotatable bonds is 4. The molecule has 2 N–H and O–H groups in total. The highest BCUT2D eigenvalue weighted by Crippen LogP contribution is 2.21. The van der Waals surface area contributed by atoms with Crippen molar-refractivity contribution in [3.63, 3.8) is 0 Å². The summed E-state index contributed by atoms with van der Waals surface area (Å²) in [6.45, 7) is 3.98. The molecule has 1 rings (SSSR count). The molecule has 92 valence electrons. The van der Waals surface area contributed by atoms with E-state index in [1.807, 2.05) is 6.92 Å². The molecule has 1 aliphatic rings. The monoisotopic (exact) mass is 246 g/mol. The third-order valence-corrected chi connectivity index (χ3v) is 3.53. The molecular weight excluding hydrogens is 228 g/mol. The van der Waals surface area contributed by atoms with Gasteiger partial charge < -0.3 is 15.3 Å². The summed E-state index contributed by atoms with van der Waals surface area (Å²) in [5, 5.41) is 11.8. The number of carbonyl (C=O) groups excluding carboxylic acids is 1. The molecule has 0 radical (unpaired) electrons. The van der Waals surface area contributed by atoms with Gasteiger partial charge in [-0.2, -0.15) is 0 Å². The minimum Gasteiger partial charge on any atom is -0.480 e. The van der Waals surface area contributed by atoms with Crippen molar-refractivity contribution >= 4 is 23.8 Å². The molecule has 1 saturated heterocycles. The molecule has 0 aromatic carbocycles. The van der Waals surface area contributed by atoms with Crippen LogP contribution >= 0.6 is 11.8 Å². The Kier molecular flexibility index (Phi) is 4.92. The molecule has 1 fully saturated rings. The number of amides is 2. The third kappa shape index (κ3) is 3.30. The number of carbonyl (C=O) groups is 2. The van der Waals surface area contributed by atoms with E-state index in [2.05, 4.69) is 12.2 Å². The molecule has 2 atom stereocenters. The maximum atomic E-state index is 11.8. The molecular formula is C10H18N2O3S. The second-order valence-electron chi connectivity index (χ2n) is 3.96. The summed E-state index contributed by atoms with van der Waals surface area (Å²) in [5.74, 6) is 0.00956. The maximum absolute atomic E-state index is 11.8. The lowest BCUT2D eigenvalue weighted by Crippen LogP contribution is -2.49. The van der Waals surface area contributed by atoms with Crippen LogP contribution in [0.3, 0.4) is 0 Å². The molecule has 2 amide bonds. The molecule has 0 aliphatic carbocycles. The number of thioether (sulfide) groups is 1.